The molecular formula is C19H32IN3O3S. The topological polar surface area (TPSA) is 55.3 Å². The molecule has 1 saturated heterocycles. The van der Waals surface area contributed by atoms with Crippen LogP contribution in [0.15, 0.2) is 17.1 Å². The predicted octanol–water partition coefficient (Wildman–Crippen LogP) is 3.62. The van der Waals surface area contributed by atoms with Gasteiger partial charge in [0.25, 0.3) is 0 Å². The molecule has 1 fully saturated rings. The summed E-state index contributed by atoms with van der Waals surface area (Å²) in [6.07, 6.45) is 0. The third kappa shape index (κ3) is 6.23. The average molecular weight is 509 g/mol. The molecule has 1 aliphatic rings. The Bertz CT molecular complexity index is 641. The number of ether oxygens (including phenoxy) is 3. The number of guanidine groups is 1. The molecule has 1 aromatic carbocycles. The Kier molecular flexibility index (Phi) is 9.86. The first-order valence-electron chi connectivity index (χ1n) is 8.90. The second kappa shape index (κ2) is 11.1. The first-order valence-corrected chi connectivity index (χ1v) is 9.89. The van der Waals surface area contributed by atoms with E-state index in [0.29, 0.717) is 23.8 Å². The quantitative estimate of drug-likeness (QED) is 0.359. The highest BCUT2D eigenvalue weighted by Gasteiger charge is 2.28. The van der Waals surface area contributed by atoms with Crippen LogP contribution in [-0.2, 0) is 6.54 Å². The van der Waals surface area contributed by atoms with Crippen LogP contribution in [0.5, 0.6) is 17.2 Å². The van der Waals surface area contributed by atoms with Crippen LogP contribution in [0.2, 0.25) is 0 Å². The molecule has 0 aromatic heterocycles. The number of rotatable bonds is 6. The van der Waals surface area contributed by atoms with Gasteiger partial charge in [0, 0.05) is 35.7 Å². The zero-order valence-corrected chi connectivity index (χ0v) is 20.3. The van der Waals surface area contributed by atoms with Gasteiger partial charge >= 0.3 is 0 Å². The minimum atomic E-state index is 0. The van der Waals surface area contributed by atoms with Gasteiger partial charge < -0.3 is 24.4 Å². The second-order valence-corrected chi connectivity index (χ2v) is 8.50. The number of hydrogen-bond acceptors (Lipinski definition) is 5. The summed E-state index contributed by atoms with van der Waals surface area (Å²) in [5, 5.41) is 3.42. The van der Waals surface area contributed by atoms with E-state index in [2.05, 4.69) is 31.0 Å². The molecule has 0 radical (unpaired) electrons. The van der Waals surface area contributed by atoms with E-state index in [1.165, 1.54) is 0 Å². The van der Waals surface area contributed by atoms with E-state index in [0.717, 1.165) is 36.9 Å². The van der Waals surface area contributed by atoms with Gasteiger partial charge in [0.2, 0.25) is 5.75 Å². The van der Waals surface area contributed by atoms with Gasteiger partial charge in [0.15, 0.2) is 17.5 Å². The first-order chi connectivity index (χ1) is 12.5. The lowest BCUT2D eigenvalue weighted by atomic mass is 10.1. The first kappa shape index (κ1) is 24.0. The van der Waals surface area contributed by atoms with Gasteiger partial charge in [-0.15, -0.1) is 24.0 Å². The van der Waals surface area contributed by atoms with Crippen molar-refractivity contribution in [3.8, 4) is 17.2 Å². The Labute approximate surface area is 184 Å². The van der Waals surface area contributed by atoms with Crippen molar-refractivity contribution in [2.24, 2.45) is 4.99 Å². The summed E-state index contributed by atoms with van der Waals surface area (Å²) in [4.78, 5) is 7.20. The fraction of sp³-hybridized carbons (Fsp3) is 0.632. The summed E-state index contributed by atoms with van der Waals surface area (Å²) in [6, 6.07) is 3.86. The van der Waals surface area contributed by atoms with E-state index >= 15 is 0 Å². The van der Waals surface area contributed by atoms with Gasteiger partial charge in [-0.2, -0.15) is 11.8 Å². The molecule has 0 saturated carbocycles. The fourth-order valence-corrected chi connectivity index (χ4v) is 4.18. The van der Waals surface area contributed by atoms with Crippen molar-refractivity contribution in [2.45, 2.75) is 32.1 Å². The Morgan fingerprint density at radius 1 is 1.19 bits per heavy atom. The summed E-state index contributed by atoms with van der Waals surface area (Å²) in [5.41, 5.74) is 0.964. The maximum atomic E-state index is 5.57. The molecule has 0 amide bonds. The van der Waals surface area contributed by atoms with Crippen molar-refractivity contribution in [2.75, 3.05) is 46.7 Å². The van der Waals surface area contributed by atoms with Gasteiger partial charge in [-0.3, -0.25) is 0 Å². The van der Waals surface area contributed by atoms with Gasteiger partial charge in [0.05, 0.1) is 27.9 Å². The van der Waals surface area contributed by atoms with Crippen LogP contribution >= 0.6 is 35.7 Å². The molecule has 0 spiro atoms. The van der Waals surface area contributed by atoms with Crippen LogP contribution in [0.1, 0.15) is 26.3 Å². The molecule has 1 heterocycles. The maximum absolute atomic E-state index is 5.57. The summed E-state index contributed by atoms with van der Waals surface area (Å²) in [7, 11) is 4.87. The number of nitrogens with zero attached hydrogens (tertiary/aromatic N) is 2. The number of benzene rings is 1. The minimum Gasteiger partial charge on any atom is -0.493 e. The van der Waals surface area contributed by atoms with Crippen LogP contribution in [0, 0.1) is 0 Å². The van der Waals surface area contributed by atoms with E-state index in [4.69, 9.17) is 19.2 Å². The summed E-state index contributed by atoms with van der Waals surface area (Å²) in [6.45, 7) is 9.99. The van der Waals surface area contributed by atoms with Crippen LogP contribution in [0.3, 0.4) is 0 Å². The molecule has 27 heavy (non-hydrogen) atoms. The number of nitrogens with one attached hydrogen (secondary N) is 1. The van der Waals surface area contributed by atoms with Crippen molar-refractivity contribution in [1.82, 2.24) is 10.2 Å². The molecule has 1 N–H and O–H groups in total. The second-order valence-electron chi connectivity index (χ2n) is 6.69. The molecule has 0 aliphatic carbocycles. The Morgan fingerprint density at radius 2 is 1.89 bits per heavy atom. The Balaban J connectivity index is 0.00000364. The molecule has 0 atom stereocenters. The van der Waals surface area contributed by atoms with Crippen LogP contribution in [-0.4, -0.2) is 62.3 Å². The minimum absolute atomic E-state index is 0. The van der Waals surface area contributed by atoms with Gasteiger partial charge in [-0.25, -0.2) is 4.99 Å². The zero-order chi connectivity index (χ0) is 19.2. The van der Waals surface area contributed by atoms with Crippen molar-refractivity contribution in [1.29, 1.82) is 0 Å². The van der Waals surface area contributed by atoms with E-state index in [-0.39, 0.29) is 28.7 Å². The van der Waals surface area contributed by atoms with Crippen LogP contribution in [0.25, 0.3) is 0 Å². The van der Waals surface area contributed by atoms with E-state index in [9.17, 15) is 0 Å². The largest absolute Gasteiger partial charge is 0.493 e. The van der Waals surface area contributed by atoms with E-state index in [1.54, 1.807) is 21.3 Å². The highest BCUT2D eigenvalue weighted by atomic mass is 127. The molecule has 8 heteroatoms. The molecule has 1 aliphatic heterocycles. The van der Waals surface area contributed by atoms with Crippen LogP contribution < -0.4 is 19.5 Å². The third-order valence-electron chi connectivity index (χ3n) is 4.24. The molecule has 0 unspecified atom stereocenters. The normalized spacial score (nSPS) is 16.4. The molecule has 2 rings (SSSR count). The Hall–Kier alpha value is -1.03. The van der Waals surface area contributed by atoms with Crippen molar-refractivity contribution in [3.05, 3.63) is 17.7 Å². The molecule has 6 nitrogen and oxygen atoms in total. The number of aliphatic imine (C=N–C) groups is 1. The highest BCUT2D eigenvalue weighted by Crippen LogP contribution is 2.40. The van der Waals surface area contributed by atoms with Crippen molar-refractivity contribution >= 4 is 41.7 Å². The summed E-state index contributed by atoms with van der Waals surface area (Å²) < 4.78 is 16.6. The number of methoxy groups -OCH3 is 3. The fourth-order valence-electron chi connectivity index (χ4n) is 3.07. The van der Waals surface area contributed by atoms with Gasteiger partial charge in [-0.05, 0) is 32.9 Å². The monoisotopic (exact) mass is 509 g/mol. The molecular weight excluding hydrogens is 477 g/mol. The lowest BCUT2D eigenvalue weighted by molar-refractivity contribution is 0.322. The molecule has 1 aromatic rings. The van der Waals surface area contributed by atoms with E-state index < -0.39 is 0 Å². The third-order valence-corrected chi connectivity index (χ3v) is 5.54. The summed E-state index contributed by atoms with van der Waals surface area (Å²) in [5.74, 6) is 3.97. The molecule has 0 bridgehead atoms. The Morgan fingerprint density at radius 3 is 2.44 bits per heavy atom. The number of hydrogen-bond donors (Lipinski definition) is 1. The van der Waals surface area contributed by atoms with Crippen molar-refractivity contribution in [3.63, 3.8) is 0 Å². The molecule has 154 valence electrons. The SMILES string of the molecule is CCNC(=NCc1ccc(OC)c(OC)c1OC)N1CCSC(C)(C)C1.I. The van der Waals surface area contributed by atoms with Crippen molar-refractivity contribution < 1.29 is 14.2 Å². The lowest BCUT2D eigenvalue weighted by Crippen LogP contribution is -2.50. The average Bonchev–Trinajstić information content (AvgIpc) is 2.63. The lowest BCUT2D eigenvalue weighted by Gasteiger charge is -2.39. The smallest absolute Gasteiger partial charge is 0.203 e. The van der Waals surface area contributed by atoms with Gasteiger partial charge in [-0.1, -0.05) is 0 Å². The number of thioether (sulfide) groups is 1. The summed E-state index contributed by atoms with van der Waals surface area (Å²) >= 11 is 2.01. The maximum Gasteiger partial charge on any atom is 0.203 e. The zero-order valence-electron chi connectivity index (χ0n) is 17.1. The predicted molar refractivity (Wildman–Crippen MR) is 124 cm³/mol. The van der Waals surface area contributed by atoms with Gasteiger partial charge in [0.1, 0.15) is 0 Å². The number of halogens is 1. The van der Waals surface area contributed by atoms with Crippen LogP contribution in [0.4, 0.5) is 0 Å². The highest BCUT2D eigenvalue weighted by molar-refractivity contribution is 14.0. The standard InChI is InChI=1S/C19H31N3O3S.HI/c1-7-20-18(22-10-11-26-19(2,3)13-22)21-12-14-8-9-15(23-4)17(25-6)16(14)24-5;/h8-9H,7,10-13H2,1-6H3,(H,20,21);1H. The van der Waals surface area contributed by atoms with E-state index in [1.807, 2.05) is 23.9 Å².